The van der Waals surface area contributed by atoms with Crippen LogP contribution in [0.4, 0.5) is 5.69 Å². The average Bonchev–Trinajstić information content (AvgIpc) is 3.30. The molecule has 1 N–H and O–H groups in total. The molecule has 1 aromatic carbocycles. The van der Waals surface area contributed by atoms with Gasteiger partial charge >= 0.3 is 0 Å². The van der Waals surface area contributed by atoms with Gasteiger partial charge in [0.1, 0.15) is 5.52 Å². The van der Waals surface area contributed by atoms with Crippen molar-refractivity contribution >= 4 is 32.6 Å². The van der Waals surface area contributed by atoms with Gasteiger partial charge < -0.3 is 9.88 Å². The van der Waals surface area contributed by atoms with Crippen LogP contribution in [0.2, 0.25) is 0 Å². The monoisotopic (exact) mass is 398 g/mol. The van der Waals surface area contributed by atoms with E-state index in [2.05, 4.69) is 19.9 Å². The van der Waals surface area contributed by atoms with Crippen molar-refractivity contribution < 1.29 is 13.2 Å². The number of nitrogens with one attached hydrogen (secondary N) is 1. The summed E-state index contributed by atoms with van der Waals surface area (Å²) >= 11 is 0. The fourth-order valence-corrected chi connectivity index (χ4v) is 4.48. The number of aromatic nitrogens is 3. The molecule has 28 heavy (non-hydrogen) atoms. The molecule has 1 aliphatic carbocycles. The molecule has 4 rings (SSSR count). The molecule has 3 aromatic rings. The van der Waals surface area contributed by atoms with Gasteiger partial charge in [-0.2, -0.15) is 0 Å². The molecule has 0 radical (unpaired) electrons. The lowest BCUT2D eigenvalue weighted by atomic mass is 10.2. The van der Waals surface area contributed by atoms with Gasteiger partial charge in [0.2, 0.25) is 0 Å². The highest BCUT2D eigenvalue weighted by Gasteiger charge is 2.20. The molecule has 8 heteroatoms. The third-order valence-electron chi connectivity index (χ3n) is 5.03. The number of hydrogen-bond donors (Lipinski definition) is 1. The van der Waals surface area contributed by atoms with Gasteiger partial charge in [0.05, 0.1) is 17.6 Å². The van der Waals surface area contributed by atoms with Gasteiger partial charge in [0, 0.05) is 24.2 Å². The van der Waals surface area contributed by atoms with E-state index in [1.165, 1.54) is 19.1 Å². The molecule has 7 nitrogen and oxygen atoms in total. The van der Waals surface area contributed by atoms with E-state index in [0.29, 0.717) is 28.4 Å². The topological polar surface area (TPSA) is 93.9 Å². The van der Waals surface area contributed by atoms with E-state index in [4.69, 9.17) is 0 Å². The second-order valence-electron chi connectivity index (χ2n) is 7.38. The van der Waals surface area contributed by atoms with E-state index in [9.17, 15) is 13.2 Å². The molecule has 0 unspecified atom stereocenters. The summed E-state index contributed by atoms with van der Waals surface area (Å²) in [6.45, 7) is 0. The highest BCUT2D eigenvalue weighted by atomic mass is 32.2. The van der Waals surface area contributed by atoms with Crippen LogP contribution in [0.15, 0.2) is 42.9 Å². The number of benzene rings is 1. The van der Waals surface area contributed by atoms with Crippen LogP contribution in [0.25, 0.3) is 11.2 Å². The minimum atomic E-state index is -3.09. The quantitative estimate of drug-likeness (QED) is 0.711. The predicted octanol–water partition coefficient (Wildman–Crippen LogP) is 3.34. The molecule has 0 atom stereocenters. The number of hydrogen-bond acceptors (Lipinski definition) is 5. The standard InChI is InChI=1S/C20H22N4O3S/c1-28(26,27)12-14-6-8-16(9-7-14)23-20(25)15-10-18-19(21-11-15)24(13-22-18)17-4-2-3-5-17/h6-11,13,17H,2-5,12H2,1H3,(H,23,25). The zero-order chi connectivity index (χ0) is 19.7. The van der Waals surface area contributed by atoms with Crippen LogP contribution >= 0.6 is 0 Å². The van der Waals surface area contributed by atoms with Gasteiger partial charge in [-0.3, -0.25) is 4.79 Å². The molecule has 1 amide bonds. The predicted molar refractivity (Wildman–Crippen MR) is 108 cm³/mol. The Morgan fingerprint density at radius 1 is 1.18 bits per heavy atom. The minimum Gasteiger partial charge on any atom is -0.322 e. The largest absolute Gasteiger partial charge is 0.322 e. The summed E-state index contributed by atoms with van der Waals surface area (Å²) in [5, 5.41) is 2.81. The van der Waals surface area contributed by atoms with Crippen molar-refractivity contribution in [2.45, 2.75) is 37.5 Å². The number of fused-ring (bicyclic) bond motifs is 1. The maximum atomic E-state index is 12.6. The van der Waals surface area contributed by atoms with Crippen LogP contribution in [-0.4, -0.2) is 35.1 Å². The molecule has 2 aromatic heterocycles. The first-order valence-corrected chi connectivity index (χ1v) is 11.4. The van der Waals surface area contributed by atoms with Crippen LogP contribution in [0.1, 0.15) is 47.6 Å². The zero-order valence-electron chi connectivity index (χ0n) is 15.6. The van der Waals surface area contributed by atoms with Gasteiger partial charge in [-0.25, -0.2) is 18.4 Å². The Hall–Kier alpha value is -2.74. The summed E-state index contributed by atoms with van der Waals surface area (Å²) in [6.07, 6.45) is 9.33. The number of rotatable bonds is 5. The molecule has 0 saturated heterocycles. The number of pyridine rings is 1. The van der Waals surface area contributed by atoms with E-state index < -0.39 is 9.84 Å². The Labute approximate surface area is 163 Å². The van der Waals surface area contributed by atoms with Crippen molar-refractivity contribution in [1.29, 1.82) is 0 Å². The highest BCUT2D eigenvalue weighted by Crippen LogP contribution is 2.31. The van der Waals surface area contributed by atoms with Crippen LogP contribution in [-0.2, 0) is 15.6 Å². The van der Waals surface area contributed by atoms with E-state index >= 15 is 0 Å². The second-order valence-corrected chi connectivity index (χ2v) is 9.52. The number of carbonyl (C=O) groups is 1. The Morgan fingerprint density at radius 3 is 2.57 bits per heavy atom. The third kappa shape index (κ3) is 4.06. The number of nitrogens with zero attached hydrogens (tertiary/aromatic N) is 3. The molecule has 0 bridgehead atoms. The SMILES string of the molecule is CS(=O)(=O)Cc1ccc(NC(=O)c2cnc3c(c2)ncn3C2CCCC2)cc1. The van der Waals surface area contributed by atoms with Gasteiger partial charge in [-0.05, 0) is 36.6 Å². The van der Waals surface area contributed by atoms with E-state index in [1.54, 1.807) is 36.5 Å². The summed E-state index contributed by atoms with van der Waals surface area (Å²) < 4.78 is 24.8. The molecule has 1 aliphatic rings. The number of amides is 1. The smallest absolute Gasteiger partial charge is 0.257 e. The number of anilines is 1. The summed E-state index contributed by atoms with van der Waals surface area (Å²) in [5.74, 6) is -0.300. The van der Waals surface area contributed by atoms with Crippen molar-refractivity contribution in [3.8, 4) is 0 Å². The Kier molecular flexibility index (Phi) is 4.89. The first-order valence-electron chi connectivity index (χ1n) is 9.30. The molecule has 146 valence electrons. The lowest BCUT2D eigenvalue weighted by molar-refractivity contribution is 0.102. The van der Waals surface area contributed by atoms with E-state index in [0.717, 1.165) is 18.5 Å². The third-order valence-corrected chi connectivity index (χ3v) is 5.89. The fourth-order valence-electron chi connectivity index (χ4n) is 3.68. The van der Waals surface area contributed by atoms with E-state index in [1.807, 2.05) is 6.33 Å². The van der Waals surface area contributed by atoms with E-state index in [-0.39, 0.29) is 11.7 Å². The zero-order valence-corrected chi connectivity index (χ0v) is 16.4. The Balaban J connectivity index is 1.49. The Bertz CT molecular complexity index is 1110. The second kappa shape index (κ2) is 7.35. The maximum absolute atomic E-state index is 12.6. The molecule has 0 aliphatic heterocycles. The first-order chi connectivity index (χ1) is 13.4. The fraction of sp³-hybridized carbons (Fsp3) is 0.350. The summed E-state index contributed by atoms with van der Waals surface area (Å²) in [4.78, 5) is 21.5. The van der Waals surface area contributed by atoms with Gasteiger partial charge in [0.25, 0.3) is 5.91 Å². The average molecular weight is 398 g/mol. The summed E-state index contributed by atoms with van der Waals surface area (Å²) in [7, 11) is -3.09. The molecule has 0 spiro atoms. The van der Waals surface area contributed by atoms with Crippen LogP contribution in [0, 0.1) is 0 Å². The van der Waals surface area contributed by atoms with Crippen molar-refractivity contribution in [1.82, 2.24) is 14.5 Å². The molecular weight excluding hydrogens is 376 g/mol. The number of sulfone groups is 1. The molecular formula is C20H22N4O3S. The van der Waals surface area contributed by atoms with Gasteiger partial charge in [0.15, 0.2) is 15.5 Å². The first kappa shape index (κ1) is 18.6. The minimum absolute atomic E-state index is 0.0224. The highest BCUT2D eigenvalue weighted by molar-refractivity contribution is 7.89. The summed E-state index contributed by atoms with van der Waals surface area (Å²) in [5.41, 5.74) is 3.24. The van der Waals surface area contributed by atoms with Crippen LogP contribution in [0.5, 0.6) is 0 Å². The van der Waals surface area contributed by atoms with Crippen LogP contribution in [0.3, 0.4) is 0 Å². The van der Waals surface area contributed by atoms with Gasteiger partial charge in [-0.1, -0.05) is 25.0 Å². The number of carbonyl (C=O) groups excluding carboxylic acids is 1. The van der Waals surface area contributed by atoms with Crippen LogP contribution < -0.4 is 5.32 Å². The molecule has 2 heterocycles. The normalized spacial score (nSPS) is 15.2. The van der Waals surface area contributed by atoms with Crippen molar-refractivity contribution in [3.63, 3.8) is 0 Å². The Morgan fingerprint density at radius 2 is 1.89 bits per heavy atom. The maximum Gasteiger partial charge on any atom is 0.257 e. The summed E-state index contributed by atoms with van der Waals surface area (Å²) in [6, 6.07) is 8.98. The van der Waals surface area contributed by atoms with Crippen molar-refractivity contribution in [3.05, 3.63) is 54.0 Å². The lowest BCUT2D eigenvalue weighted by Crippen LogP contribution is -2.12. The van der Waals surface area contributed by atoms with Crippen molar-refractivity contribution in [2.24, 2.45) is 0 Å². The lowest BCUT2D eigenvalue weighted by Gasteiger charge is -2.11. The molecule has 1 fully saturated rings. The number of imidazole rings is 1. The van der Waals surface area contributed by atoms with Gasteiger partial charge in [-0.15, -0.1) is 0 Å². The molecule has 1 saturated carbocycles. The van der Waals surface area contributed by atoms with Crippen molar-refractivity contribution in [2.75, 3.05) is 11.6 Å².